The fourth-order valence-corrected chi connectivity index (χ4v) is 1.95. The minimum Gasteiger partial charge on any atom is -0.294 e. The standard InChI is InChI=1S/C13H17ClO/c1-10-6-5-7-11(2)13(10)12(15)8-3-4-9-14/h5-7H,3-4,8-9H2,1-2H3. The number of aryl methyl sites for hydroxylation is 2. The van der Waals surface area contributed by atoms with Crippen molar-refractivity contribution in [3.8, 4) is 0 Å². The van der Waals surface area contributed by atoms with E-state index in [2.05, 4.69) is 0 Å². The lowest BCUT2D eigenvalue weighted by Crippen LogP contribution is -2.04. The predicted octanol–water partition coefficient (Wildman–Crippen LogP) is 3.90. The second-order valence-electron chi connectivity index (χ2n) is 3.84. The third kappa shape index (κ3) is 3.35. The van der Waals surface area contributed by atoms with Crippen molar-refractivity contribution in [2.45, 2.75) is 33.1 Å². The molecule has 0 unspecified atom stereocenters. The van der Waals surface area contributed by atoms with Gasteiger partial charge in [0.25, 0.3) is 0 Å². The molecule has 0 aliphatic heterocycles. The Hall–Kier alpha value is -0.820. The molecule has 0 aliphatic rings. The van der Waals surface area contributed by atoms with Gasteiger partial charge in [0, 0.05) is 17.9 Å². The second kappa shape index (κ2) is 5.92. The maximum atomic E-state index is 11.9. The first-order valence-corrected chi connectivity index (χ1v) is 5.85. The molecular weight excluding hydrogens is 208 g/mol. The summed E-state index contributed by atoms with van der Waals surface area (Å²) >= 11 is 5.58. The molecule has 0 saturated heterocycles. The van der Waals surface area contributed by atoms with Crippen LogP contribution in [0.4, 0.5) is 0 Å². The fourth-order valence-electron chi connectivity index (χ4n) is 1.76. The Balaban J connectivity index is 2.73. The number of Topliss-reactive ketones (excluding diaryl/α,β-unsaturated/α-hetero) is 1. The molecule has 0 aliphatic carbocycles. The summed E-state index contributed by atoms with van der Waals surface area (Å²) in [5, 5.41) is 0. The zero-order chi connectivity index (χ0) is 11.3. The van der Waals surface area contributed by atoms with Crippen LogP contribution < -0.4 is 0 Å². The van der Waals surface area contributed by atoms with E-state index in [1.165, 1.54) is 0 Å². The van der Waals surface area contributed by atoms with Gasteiger partial charge in [-0.2, -0.15) is 0 Å². The topological polar surface area (TPSA) is 17.1 Å². The van der Waals surface area contributed by atoms with E-state index in [0.29, 0.717) is 12.3 Å². The minimum atomic E-state index is 0.246. The van der Waals surface area contributed by atoms with Crippen molar-refractivity contribution < 1.29 is 4.79 Å². The number of alkyl halides is 1. The number of halogens is 1. The lowest BCUT2D eigenvalue weighted by molar-refractivity contribution is 0.0978. The molecule has 0 heterocycles. The van der Waals surface area contributed by atoms with Crippen molar-refractivity contribution in [3.63, 3.8) is 0 Å². The molecule has 0 saturated carbocycles. The van der Waals surface area contributed by atoms with Crippen LogP contribution in [0.2, 0.25) is 0 Å². The molecule has 1 aromatic carbocycles. The van der Waals surface area contributed by atoms with Crippen LogP contribution in [0.25, 0.3) is 0 Å². The van der Waals surface area contributed by atoms with Gasteiger partial charge in [0.15, 0.2) is 5.78 Å². The van der Waals surface area contributed by atoms with E-state index >= 15 is 0 Å². The highest BCUT2D eigenvalue weighted by Gasteiger charge is 2.10. The van der Waals surface area contributed by atoms with Gasteiger partial charge in [-0.1, -0.05) is 18.2 Å². The third-order valence-electron chi connectivity index (χ3n) is 2.55. The van der Waals surface area contributed by atoms with Crippen molar-refractivity contribution in [2.24, 2.45) is 0 Å². The summed E-state index contributed by atoms with van der Waals surface area (Å²) in [4.78, 5) is 11.9. The SMILES string of the molecule is Cc1cccc(C)c1C(=O)CCCCCl. The summed E-state index contributed by atoms with van der Waals surface area (Å²) in [6, 6.07) is 5.96. The van der Waals surface area contributed by atoms with Crippen molar-refractivity contribution in [2.75, 3.05) is 5.88 Å². The summed E-state index contributed by atoms with van der Waals surface area (Å²) in [6.07, 6.45) is 2.41. The van der Waals surface area contributed by atoms with Crippen molar-refractivity contribution in [1.82, 2.24) is 0 Å². The van der Waals surface area contributed by atoms with Crippen LogP contribution in [0.15, 0.2) is 18.2 Å². The van der Waals surface area contributed by atoms with E-state index in [4.69, 9.17) is 11.6 Å². The van der Waals surface area contributed by atoms with Gasteiger partial charge in [-0.05, 0) is 37.8 Å². The van der Waals surface area contributed by atoms with Gasteiger partial charge in [-0.25, -0.2) is 0 Å². The van der Waals surface area contributed by atoms with Crippen LogP contribution >= 0.6 is 11.6 Å². The van der Waals surface area contributed by atoms with E-state index in [1.54, 1.807) is 0 Å². The molecule has 0 amide bonds. The molecule has 0 spiro atoms. The molecule has 0 radical (unpaired) electrons. The maximum Gasteiger partial charge on any atom is 0.163 e. The summed E-state index contributed by atoms with van der Waals surface area (Å²) in [6.45, 7) is 3.98. The Morgan fingerprint density at radius 2 is 1.80 bits per heavy atom. The van der Waals surface area contributed by atoms with E-state index in [-0.39, 0.29) is 5.78 Å². The monoisotopic (exact) mass is 224 g/mol. The molecule has 0 aromatic heterocycles. The Labute approximate surface area is 96.5 Å². The first kappa shape index (κ1) is 12.3. The van der Waals surface area contributed by atoms with Gasteiger partial charge in [-0.3, -0.25) is 4.79 Å². The molecule has 1 rings (SSSR count). The van der Waals surface area contributed by atoms with Gasteiger partial charge >= 0.3 is 0 Å². The number of carbonyl (C=O) groups is 1. The van der Waals surface area contributed by atoms with Crippen LogP contribution in [0.5, 0.6) is 0 Å². The molecular formula is C13H17ClO. The lowest BCUT2D eigenvalue weighted by Gasteiger charge is -2.07. The van der Waals surface area contributed by atoms with Crippen molar-refractivity contribution in [1.29, 1.82) is 0 Å². The first-order valence-electron chi connectivity index (χ1n) is 5.32. The Kier molecular flexibility index (Phi) is 4.83. The van der Waals surface area contributed by atoms with Gasteiger partial charge in [0.05, 0.1) is 0 Å². The quantitative estimate of drug-likeness (QED) is 0.421. The zero-order valence-electron chi connectivity index (χ0n) is 9.35. The summed E-state index contributed by atoms with van der Waals surface area (Å²) < 4.78 is 0. The van der Waals surface area contributed by atoms with Crippen LogP contribution in [0.3, 0.4) is 0 Å². The summed E-state index contributed by atoms with van der Waals surface area (Å²) in [7, 11) is 0. The number of ketones is 1. The van der Waals surface area contributed by atoms with E-state index < -0.39 is 0 Å². The average molecular weight is 225 g/mol. The van der Waals surface area contributed by atoms with Crippen LogP contribution in [0, 0.1) is 13.8 Å². The van der Waals surface area contributed by atoms with Crippen molar-refractivity contribution in [3.05, 3.63) is 34.9 Å². The fraction of sp³-hybridized carbons (Fsp3) is 0.462. The number of benzene rings is 1. The van der Waals surface area contributed by atoms with Gasteiger partial charge < -0.3 is 0 Å². The molecule has 15 heavy (non-hydrogen) atoms. The Morgan fingerprint density at radius 3 is 2.33 bits per heavy atom. The molecule has 0 fully saturated rings. The Morgan fingerprint density at radius 1 is 1.20 bits per heavy atom. The van der Waals surface area contributed by atoms with Gasteiger partial charge in [0.2, 0.25) is 0 Å². The molecule has 2 heteroatoms. The highest BCUT2D eigenvalue weighted by molar-refractivity contribution is 6.17. The second-order valence-corrected chi connectivity index (χ2v) is 4.21. The summed E-state index contributed by atoms with van der Waals surface area (Å²) in [5.74, 6) is 0.885. The summed E-state index contributed by atoms with van der Waals surface area (Å²) in [5.41, 5.74) is 3.05. The predicted molar refractivity (Wildman–Crippen MR) is 64.8 cm³/mol. The Bertz CT molecular complexity index is 324. The normalized spacial score (nSPS) is 10.3. The lowest BCUT2D eigenvalue weighted by atomic mass is 9.96. The smallest absolute Gasteiger partial charge is 0.163 e. The largest absolute Gasteiger partial charge is 0.294 e. The first-order chi connectivity index (χ1) is 7.16. The van der Waals surface area contributed by atoms with Gasteiger partial charge in [0.1, 0.15) is 0 Å². The van der Waals surface area contributed by atoms with E-state index in [0.717, 1.165) is 29.5 Å². The highest BCUT2D eigenvalue weighted by Crippen LogP contribution is 2.16. The van der Waals surface area contributed by atoms with E-state index in [1.807, 2.05) is 32.0 Å². The maximum absolute atomic E-state index is 11.9. The number of unbranched alkanes of at least 4 members (excludes halogenated alkanes) is 1. The minimum absolute atomic E-state index is 0.246. The van der Waals surface area contributed by atoms with Gasteiger partial charge in [-0.15, -0.1) is 11.6 Å². The van der Waals surface area contributed by atoms with Crippen LogP contribution in [0.1, 0.15) is 40.7 Å². The molecule has 1 aromatic rings. The molecule has 0 N–H and O–H groups in total. The molecule has 0 bridgehead atoms. The highest BCUT2D eigenvalue weighted by atomic mass is 35.5. The zero-order valence-corrected chi connectivity index (χ0v) is 10.1. The number of rotatable bonds is 5. The van der Waals surface area contributed by atoms with Crippen molar-refractivity contribution >= 4 is 17.4 Å². The molecule has 0 atom stereocenters. The van der Waals surface area contributed by atoms with E-state index in [9.17, 15) is 4.79 Å². The number of hydrogen-bond donors (Lipinski definition) is 0. The number of carbonyl (C=O) groups excluding carboxylic acids is 1. The van der Waals surface area contributed by atoms with Crippen LogP contribution in [-0.2, 0) is 0 Å². The molecule has 82 valence electrons. The third-order valence-corrected chi connectivity index (χ3v) is 2.81. The molecule has 1 nitrogen and oxygen atoms in total. The average Bonchev–Trinajstić information content (AvgIpc) is 2.18. The van der Waals surface area contributed by atoms with Crippen LogP contribution in [-0.4, -0.2) is 11.7 Å². The number of hydrogen-bond acceptors (Lipinski definition) is 1.